The van der Waals surface area contributed by atoms with Crippen molar-refractivity contribution in [2.75, 3.05) is 0 Å². The van der Waals surface area contributed by atoms with Crippen LogP contribution >= 0.6 is 15.9 Å². The van der Waals surface area contributed by atoms with Gasteiger partial charge in [0.1, 0.15) is 10.6 Å². The Morgan fingerprint density at radius 1 is 1.33 bits per heavy atom. The van der Waals surface area contributed by atoms with E-state index in [0.29, 0.717) is 0 Å². The third kappa shape index (κ3) is 5.05. The van der Waals surface area contributed by atoms with Crippen molar-refractivity contribution in [1.29, 1.82) is 0 Å². The molecule has 7 heteroatoms. The first kappa shape index (κ1) is 19.4. The highest BCUT2D eigenvalue weighted by atomic mass is 79.9. The molecule has 1 aromatic heterocycles. The summed E-state index contributed by atoms with van der Waals surface area (Å²) in [6, 6.07) is 6.36. The van der Waals surface area contributed by atoms with Gasteiger partial charge in [-0.05, 0) is 80.7 Å². The van der Waals surface area contributed by atoms with Crippen LogP contribution < -0.4 is 4.72 Å². The first-order valence-corrected chi connectivity index (χ1v) is 9.79. The summed E-state index contributed by atoms with van der Waals surface area (Å²) in [5, 5.41) is 4.36. The van der Waals surface area contributed by atoms with Gasteiger partial charge in [0.25, 0.3) is 0 Å². The van der Waals surface area contributed by atoms with E-state index in [9.17, 15) is 8.94 Å². The van der Waals surface area contributed by atoms with Crippen LogP contribution in [-0.4, -0.2) is 25.1 Å². The fraction of sp³-hybridized carbons (Fsp3) is 0.471. The Morgan fingerprint density at radius 3 is 2.54 bits per heavy atom. The van der Waals surface area contributed by atoms with Gasteiger partial charge in [0.15, 0.2) is 0 Å². The van der Waals surface area contributed by atoms with Crippen LogP contribution in [0.3, 0.4) is 0 Å². The molecule has 0 radical (unpaired) electrons. The summed E-state index contributed by atoms with van der Waals surface area (Å²) in [6.45, 7) is 7.87. The normalized spacial score (nSPS) is 14.6. The highest BCUT2D eigenvalue weighted by molar-refractivity contribution is 9.10. The fourth-order valence-corrected chi connectivity index (χ4v) is 3.45. The molecule has 132 valence electrons. The van der Waals surface area contributed by atoms with E-state index in [4.69, 9.17) is 0 Å². The van der Waals surface area contributed by atoms with E-state index >= 15 is 0 Å². The van der Waals surface area contributed by atoms with Crippen molar-refractivity contribution in [2.24, 2.45) is 0 Å². The van der Waals surface area contributed by atoms with Gasteiger partial charge in [-0.3, -0.25) is 0 Å². The largest absolute Gasteiger partial charge is 0.598 e. The number of benzene rings is 1. The summed E-state index contributed by atoms with van der Waals surface area (Å²) in [5.41, 5.74) is 1.83. The molecule has 0 bridgehead atoms. The Bertz CT molecular complexity index is 669. The van der Waals surface area contributed by atoms with Crippen molar-refractivity contribution in [3.8, 4) is 5.69 Å². The summed E-state index contributed by atoms with van der Waals surface area (Å²) < 4.78 is 30.8. The summed E-state index contributed by atoms with van der Waals surface area (Å²) in [5.74, 6) is -0.269. The average molecular weight is 416 g/mol. The third-order valence-corrected chi connectivity index (χ3v) is 5.96. The molecule has 0 aliphatic heterocycles. The van der Waals surface area contributed by atoms with E-state index in [1.807, 2.05) is 27.7 Å². The number of hydrogen-bond donors (Lipinski definition) is 1. The van der Waals surface area contributed by atoms with Crippen LogP contribution in [0.1, 0.15) is 39.8 Å². The zero-order valence-electron chi connectivity index (χ0n) is 14.3. The smallest absolute Gasteiger partial charge is 0.136 e. The summed E-state index contributed by atoms with van der Waals surface area (Å²) in [6.07, 6.45) is 3.31. The molecule has 24 heavy (non-hydrogen) atoms. The zero-order valence-corrected chi connectivity index (χ0v) is 16.7. The van der Waals surface area contributed by atoms with Crippen LogP contribution in [0.15, 0.2) is 34.9 Å². The molecule has 2 aromatic rings. The second kappa shape index (κ2) is 7.99. The minimum atomic E-state index is -1.09. The van der Waals surface area contributed by atoms with Gasteiger partial charge >= 0.3 is 0 Å². The number of halogens is 2. The van der Waals surface area contributed by atoms with Gasteiger partial charge in [-0.15, -0.1) is 4.72 Å². The number of nitrogens with zero attached hydrogens (tertiary/aromatic N) is 2. The van der Waals surface area contributed by atoms with E-state index in [1.54, 1.807) is 23.0 Å². The molecule has 4 nitrogen and oxygen atoms in total. The molecule has 1 N–H and O–H groups in total. The molecular weight excluding hydrogens is 393 g/mol. The van der Waals surface area contributed by atoms with Gasteiger partial charge in [-0.2, -0.15) is 5.10 Å². The maximum atomic E-state index is 13.1. The van der Waals surface area contributed by atoms with E-state index < -0.39 is 11.4 Å². The molecule has 1 aromatic carbocycles. The molecule has 0 fully saturated rings. The van der Waals surface area contributed by atoms with Crippen molar-refractivity contribution in [3.63, 3.8) is 0 Å². The lowest BCUT2D eigenvalue weighted by Crippen LogP contribution is -2.43. The predicted molar refractivity (Wildman–Crippen MR) is 100 cm³/mol. The molecule has 0 spiro atoms. The van der Waals surface area contributed by atoms with Crippen molar-refractivity contribution >= 4 is 27.3 Å². The highest BCUT2D eigenvalue weighted by Gasteiger charge is 2.28. The molecular formula is C17H23BrFN3OS. The van der Waals surface area contributed by atoms with E-state index in [1.165, 1.54) is 12.1 Å². The van der Waals surface area contributed by atoms with Gasteiger partial charge in [0, 0.05) is 11.4 Å². The minimum absolute atomic E-state index is 0.105. The molecule has 0 amide bonds. The lowest BCUT2D eigenvalue weighted by Gasteiger charge is -2.26. The van der Waals surface area contributed by atoms with Crippen LogP contribution in [0, 0.1) is 5.82 Å². The van der Waals surface area contributed by atoms with Crippen molar-refractivity contribution < 1.29 is 8.94 Å². The quantitative estimate of drug-likeness (QED) is 0.720. The third-order valence-electron chi connectivity index (χ3n) is 3.57. The van der Waals surface area contributed by atoms with Crippen molar-refractivity contribution in [2.45, 2.75) is 51.3 Å². The standard InChI is InChI=1S/C17H23BrFN3OS/c1-12(21-24(23)17(2,3)4)5-10-16-15(18)11-20-22(16)14-8-6-13(19)7-9-14/h6-9,11-12,21H,5,10H2,1-4H3/t12-,24?/m0/s1. The number of hydrogen-bond acceptors (Lipinski definition) is 3. The van der Waals surface area contributed by atoms with E-state index in [2.05, 4.69) is 25.8 Å². The molecule has 0 aliphatic carbocycles. The van der Waals surface area contributed by atoms with Gasteiger partial charge in [-0.25, -0.2) is 9.07 Å². The topological polar surface area (TPSA) is 52.9 Å². The van der Waals surface area contributed by atoms with Crippen LogP contribution in [-0.2, 0) is 17.8 Å². The molecule has 1 heterocycles. The molecule has 2 atom stereocenters. The van der Waals surface area contributed by atoms with Gasteiger partial charge in [0.2, 0.25) is 0 Å². The SMILES string of the molecule is C[C@@H](CCc1c(Br)cnn1-c1ccc(F)cc1)N[S+]([O-])C(C)(C)C. The second-order valence-corrected chi connectivity index (χ2v) is 9.62. The Kier molecular flexibility index (Phi) is 6.47. The van der Waals surface area contributed by atoms with Gasteiger partial charge in [0.05, 0.1) is 28.1 Å². The maximum Gasteiger partial charge on any atom is 0.136 e. The number of nitrogens with one attached hydrogen (secondary N) is 1. The van der Waals surface area contributed by atoms with Gasteiger partial charge < -0.3 is 4.55 Å². The lowest BCUT2D eigenvalue weighted by molar-refractivity contribution is 0.515. The van der Waals surface area contributed by atoms with Crippen molar-refractivity contribution in [1.82, 2.24) is 14.5 Å². The minimum Gasteiger partial charge on any atom is -0.598 e. The lowest BCUT2D eigenvalue weighted by atomic mass is 10.1. The molecule has 0 saturated heterocycles. The van der Waals surface area contributed by atoms with Crippen LogP contribution in [0.5, 0.6) is 0 Å². The van der Waals surface area contributed by atoms with Crippen LogP contribution in [0.25, 0.3) is 5.69 Å². The molecule has 1 unspecified atom stereocenters. The first-order valence-electron chi connectivity index (χ1n) is 7.85. The maximum absolute atomic E-state index is 13.1. The zero-order chi connectivity index (χ0) is 17.9. The molecule has 0 saturated carbocycles. The van der Waals surface area contributed by atoms with E-state index in [-0.39, 0.29) is 16.6 Å². The molecule has 2 rings (SSSR count). The number of rotatable bonds is 6. The Labute approximate surface area is 154 Å². The van der Waals surface area contributed by atoms with Crippen molar-refractivity contribution in [3.05, 3.63) is 46.4 Å². The predicted octanol–water partition coefficient (Wildman–Crippen LogP) is 4.15. The van der Waals surface area contributed by atoms with Crippen LogP contribution in [0.4, 0.5) is 4.39 Å². The molecule has 0 aliphatic rings. The fourth-order valence-electron chi connectivity index (χ4n) is 2.16. The Hall–Kier alpha value is -0.890. The first-order chi connectivity index (χ1) is 11.2. The van der Waals surface area contributed by atoms with E-state index in [0.717, 1.165) is 28.7 Å². The Morgan fingerprint density at radius 2 is 1.96 bits per heavy atom. The summed E-state index contributed by atoms with van der Waals surface area (Å²) in [7, 11) is 0. The second-order valence-electron chi connectivity index (χ2n) is 6.77. The monoisotopic (exact) mass is 415 g/mol. The van der Waals surface area contributed by atoms with Crippen LogP contribution in [0.2, 0.25) is 0 Å². The van der Waals surface area contributed by atoms with Gasteiger partial charge in [-0.1, -0.05) is 0 Å². The average Bonchev–Trinajstić information content (AvgIpc) is 2.86. The number of aromatic nitrogens is 2. The summed E-state index contributed by atoms with van der Waals surface area (Å²) in [4.78, 5) is 0. The Balaban J connectivity index is 2.05. The summed E-state index contributed by atoms with van der Waals surface area (Å²) >= 11 is 2.43. The highest BCUT2D eigenvalue weighted by Crippen LogP contribution is 2.22.